The van der Waals surface area contributed by atoms with Gasteiger partial charge in [0, 0.05) is 12.1 Å². The molecule has 0 heterocycles. The second kappa shape index (κ2) is 4.77. The summed E-state index contributed by atoms with van der Waals surface area (Å²) in [5, 5.41) is 0.0497. The second-order valence-corrected chi connectivity index (χ2v) is 2.82. The van der Waals surface area contributed by atoms with Gasteiger partial charge in [-0.15, -0.1) is 0 Å². The molecule has 1 rings (SSSR count). The minimum Gasteiger partial charge on any atom is -0.286 e. The quantitative estimate of drug-likeness (QED) is 0.538. The first-order chi connectivity index (χ1) is 6.25. The van der Waals surface area contributed by atoms with Crippen LogP contribution in [-0.4, -0.2) is 17.5 Å². The van der Waals surface area contributed by atoms with Crippen molar-refractivity contribution in [1.82, 2.24) is 0 Å². The van der Waals surface area contributed by atoms with Gasteiger partial charge >= 0.3 is 0 Å². The molecule has 0 amide bonds. The SMILES string of the molecule is CC/N=C(/Cl)C(=O)c1ccccc1. The zero-order chi connectivity index (χ0) is 9.68. The average molecular weight is 196 g/mol. The van der Waals surface area contributed by atoms with Gasteiger partial charge in [-0.3, -0.25) is 9.79 Å². The third kappa shape index (κ3) is 2.67. The molecule has 0 aliphatic heterocycles. The van der Waals surface area contributed by atoms with E-state index in [4.69, 9.17) is 11.6 Å². The van der Waals surface area contributed by atoms with Gasteiger partial charge in [0.2, 0.25) is 5.78 Å². The molecule has 13 heavy (non-hydrogen) atoms. The molecule has 0 spiro atoms. The number of carbonyl (C=O) groups excluding carboxylic acids is 1. The molecule has 0 aliphatic rings. The Balaban J connectivity index is 2.86. The average Bonchev–Trinajstić information content (AvgIpc) is 2.18. The maximum Gasteiger partial charge on any atom is 0.222 e. The summed E-state index contributed by atoms with van der Waals surface area (Å²) >= 11 is 5.67. The highest BCUT2D eigenvalue weighted by atomic mass is 35.5. The molecule has 0 saturated heterocycles. The number of benzene rings is 1. The molecule has 0 aromatic heterocycles. The molecule has 2 nitrogen and oxygen atoms in total. The molecule has 0 fully saturated rings. The lowest BCUT2D eigenvalue weighted by Crippen LogP contribution is -2.08. The van der Waals surface area contributed by atoms with Crippen LogP contribution in [0, 0.1) is 0 Å². The largest absolute Gasteiger partial charge is 0.286 e. The number of hydrogen-bond acceptors (Lipinski definition) is 2. The number of rotatable bonds is 3. The molecule has 1 aromatic carbocycles. The van der Waals surface area contributed by atoms with Crippen LogP contribution in [0.3, 0.4) is 0 Å². The van der Waals surface area contributed by atoms with E-state index in [1.54, 1.807) is 24.3 Å². The first kappa shape index (κ1) is 9.93. The van der Waals surface area contributed by atoms with E-state index in [2.05, 4.69) is 4.99 Å². The summed E-state index contributed by atoms with van der Waals surface area (Å²) in [6.07, 6.45) is 0. The monoisotopic (exact) mass is 195 g/mol. The number of aliphatic imine (C=N–C) groups is 1. The molecule has 0 bridgehead atoms. The normalized spacial score (nSPS) is 11.4. The first-order valence-corrected chi connectivity index (χ1v) is 4.43. The van der Waals surface area contributed by atoms with Crippen molar-refractivity contribution in [1.29, 1.82) is 0 Å². The fourth-order valence-electron chi connectivity index (χ4n) is 0.919. The zero-order valence-electron chi connectivity index (χ0n) is 7.33. The summed E-state index contributed by atoms with van der Waals surface area (Å²) < 4.78 is 0. The van der Waals surface area contributed by atoms with Crippen LogP contribution in [-0.2, 0) is 0 Å². The third-order valence-corrected chi connectivity index (χ3v) is 1.81. The number of halogens is 1. The highest BCUT2D eigenvalue weighted by Crippen LogP contribution is 2.03. The lowest BCUT2D eigenvalue weighted by Gasteiger charge is -1.96. The summed E-state index contributed by atoms with van der Waals surface area (Å²) in [7, 11) is 0. The van der Waals surface area contributed by atoms with Crippen molar-refractivity contribution >= 4 is 22.6 Å². The number of hydrogen-bond donors (Lipinski definition) is 0. The molecule has 0 unspecified atom stereocenters. The lowest BCUT2D eigenvalue weighted by molar-refractivity contribution is 0.106. The van der Waals surface area contributed by atoms with E-state index in [0.29, 0.717) is 12.1 Å². The standard InChI is InChI=1S/C10H10ClNO/c1-2-12-10(11)9(13)8-6-4-3-5-7-8/h3-7H,2H2,1H3/b12-10+. The summed E-state index contributed by atoms with van der Waals surface area (Å²) in [4.78, 5) is 15.3. The van der Waals surface area contributed by atoms with Crippen molar-refractivity contribution in [2.24, 2.45) is 4.99 Å². The number of carbonyl (C=O) groups is 1. The predicted molar refractivity (Wildman–Crippen MR) is 54.6 cm³/mol. The maximum absolute atomic E-state index is 11.5. The van der Waals surface area contributed by atoms with Gasteiger partial charge in [0.15, 0.2) is 5.17 Å². The molecule has 1 aromatic rings. The summed E-state index contributed by atoms with van der Waals surface area (Å²) in [6.45, 7) is 2.36. The Bertz CT molecular complexity index is 319. The lowest BCUT2D eigenvalue weighted by atomic mass is 10.1. The van der Waals surface area contributed by atoms with E-state index < -0.39 is 0 Å². The van der Waals surface area contributed by atoms with Crippen LogP contribution in [0.5, 0.6) is 0 Å². The molecule has 0 aliphatic carbocycles. The van der Waals surface area contributed by atoms with Crippen molar-refractivity contribution < 1.29 is 4.79 Å². The van der Waals surface area contributed by atoms with Gasteiger partial charge in [-0.1, -0.05) is 41.9 Å². The molecule has 0 radical (unpaired) electrons. The molecule has 0 atom stereocenters. The summed E-state index contributed by atoms with van der Waals surface area (Å²) in [5.74, 6) is -0.218. The van der Waals surface area contributed by atoms with Crippen LogP contribution in [0.4, 0.5) is 0 Å². The van der Waals surface area contributed by atoms with Gasteiger partial charge in [0.1, 0.15) is 0 Å². The van der Waals surface area contributed by atoms with Crippen molar-refractivity contribution in [2.45, 2.75) is 6.92 Å². The molecule has 3 heteroatoms. The van der Waals surface area contributed by atoms with Crippen LogP contribution in [0.2, 0.25) is 0 Å². The maximum atomic E-state index is 11.5. The van der Waals surface area contributed by atoms with E-state index in [1.165, 1.54) is 0 Å². The van der Waals surface area contributed by atoms with Gasteiger partial charge < -0.3 is 0 Å². The van der Waals surface area contributed by atoms with Crippen molar-refractivity contribution in [3.8, 4) is 0 Å². The summed E-state index contributed by atoms with van der Waals surface area (Å²) in [5.41, 5.74) is 0.574. The number of ketones is 1. The fourth-order valence-corrected chi connectivity index (χ4v) is 1.15. The van der Waals surface area contributed by atoms with E-state index >= 15 is 0 Å². The Hall–Kier alpha value is -1.15. The highest BCUT2D eigenvalue weighted by Gasteiger charge is 2.09. The van der Waals surface area contributed by atoms with Gasteiger partial charge in [0.05, 0.1) is 0 Å². The Morgan fingerprint density at radius 1 is 1.38 bits per heavy atom. The predicted octanol–water partition coefficient (Wildman–Crippen LogP) is 2.53. The van der Waals surface area contributed by atoms with Crippen LogP contribution >= 0.6 is 11.6 Å². The van der Waals surface area contributed by atoms with Crippen molar-refractivity contribution in [3.63, 3.8) is 0 Å². The third-order valence-electron chi connectivity index (χ3n) is 1.52. The van der Waals surface area contributed by atoms with Gasteiger partial charge in [-0.05, 0) is 6.92 Å². The second-order valence-electron chi connectivity index (χ2n) is 2.46. The van der Waals surface area contributed by atoms with Crippen molar-refractivity contribution in [3.05, 3.63) is 35.9 Å². The smallest absolute Gasteiger partial charge is 0.222 e. The Morgan fingerprint density at radius 2 is 2.00 bits per heavy atom. The van der Waals surface area contributed by atoms with Crippen LogP contribution in [0.25, 0.3) is 0 Å². The van der Waals surface area contributed by atoms with Crippen LogP contribution in [0.15, 0.2) is 35.3 Å². The van der Waals surface area contributed by atoms with E-state index in [1.807, 2.05) is 13.0 Å². The number of Topliss-reactive ketones (excluding diaryl/α,β-unsaturated/α-hetero) is 1. The molecule has 0 N–H and O–H groups in total. The van der Waals surface area contributed by atoms with E-state index in [-0.39, 0.29) is 11.0 Å². The fraction of sp³-hybridized carbons (Fsp3) is 0.200. The van der Waals surface area contributed by atoms with Gasteiger partial charge in [-0.25, -0.2) is 0 Å². The molecular formula is C10H10ClNO. The molecule has 0 saturated carbocycles. The summed E-state index contributed by atoms with van der Waals surface area (Å²) in [6, 6.07) is 8.88. The topological polar surface area (TPSA) is 29.4 Å². The number of nitrogens with zero attached hydrogens (tertiary/aromatic N) is 1. The molecule has 68 valence electrons. The Labute approximate surface area is 82.3 Å². The Morgan fingerprint density at radius 3 is 2.54 bits per heavy atom. The van der Waals surface area contributed by atoms with E-state index in [0.717, 1.165) is 0 Å². The first-order valence-electron chi connectivity index (χ1n) is 4.05. The van der Waals surface area contributed by atoms with Gasteiger partial charge in [0.25, 0.3) is 0 Å². The van der Waals surface area contributed by atoms with Crippen LogP contribution < -0.4 is 0 Å². The highest BCUT2D eigenvalue weighted by molar-refractivity contribution is 6.84. The minimum atomic E-state index is -0.218. The van der Waals surface area contributed by atoms with Crippen molar-refractivity contribution in [2.75, 3.05) is 6.54 Å². The molecular weight excluding hydrogens is 186 g/mol. The van der Waals surface area contributed by atoms with E-state index in [9.17, 15) is 4.79 Å². The zero-order valence-corrected chi connectivity index (χ0v) is 8.08. The van der Waals surface area contributed by atoms with Gasteiger partial charge in [-0.2, -0.15) is 0 Å². The minimum absolute atomic E-state index is 0.0497. The van der Waals surface area contributed by atoms with Crippen LogP contribution in [0.1, 0.15) is 17.3 Å². The Kier molecular flexibility index (Phi) is 3.65.